The van der Waals surface area contributed by atoms with Crippen molar-refractivity contribution in [3.8, 4) is 0 Å². The van der Waals surface area contributed by atoms with Crippen molar-refractivity contribution in [3.63, 3.8) is 0 Å². The molecule has 0 aromatic carbocycles. The van der Waals surface area contributed by atoms with Gasteiger partial charge in [0.2, 0.25) is 0 Å². The summed E-state index contributed by atoms with van der Waals surface area (Å²) in [5, 5.41) is 6.91. The van der Waals surface area contributed by atoms with Crippen LogP contribution < -0.4 is 5.32 Å². The summed E-state index contributed by atoms with van der Waals surface area (Å²) in [6, 6.07) is 0. The minimum Gasteiger partial charge on any atom is -0.309 e. The number of aromatic nitrogens is 1. The monoisotopic (exact) mass is 253 g/mol. The van der Waals surface area contributed by atoms with E-state index in [-0.39, 0.29) is 0 Å². The second kappa shape index (κ2) is 5.46. The van der Waals surface area contributed by atoms with Crippen molar-refractivity contribution >= 4 is 11.3 Å². The minimum atomic E-state index is 0.381. The van der Waals surface area contributed by atoms with E-state index in [0.29, 0.717) is 5.54 Å². The number of likely N-dealkylation sites (N-methyl/N-ethyl adjacent to an activating group) is 1. The molecule has 1 aliphatic carbocycles. The SMILES string of the molecule is Cc1csc(CNCC2(N(C)C)CCCC2)n1. The molecule has 0 radical (unpaired) electrons. The number of rotatable bonds is 5. The van der Waals surface area contributed by atoms with E-state index in [4.69, 9.17) is 0 Å². The van der Waals surface area contributed by atoms with Gasteiger partial charge in [-0.15, -0.1) is 11.3 Å². The molecule has 1 aromatic rings. The highest BCUT2D eigenvalue weighted by atomic mass is 32.1. The zero-order chi connectivity index (χ0) is 12.3. The molecule has 0 bridgehead atoms. The summed E-state index contributed by atoms with van der Waals surface area (Å²) in [7, 11) is 4.42. The highest BCUT2D eigenvalue weighted by molar-refractivity contribution is 7.09. The molecular weight excluding hydrogens is 230 g/mol. The van der Waals surface area contributed by atoms with Gasteiger partial charge in [-0.05, 0) is 33.9 Å². The van der Waals surface area contributed by atoms with Crippen LogP contribution in [0, 0.1) is 6.92 Å². The van der Waals surface area contributed by atoms with E-state index in [9.17, 15) is 0 Å². The summed E-state index contributed by atoms with van der Waals surface area (Å²) in [6.45, 7) is 4.05. The zero-order valence-electron chi connectivity index (χ0n) is 11.1. The third-order valence-electron chi connectivity index (χ3n) is 3.88. The molecule has 17 heavy (non-hydrogen) atoms. The van der Waals surface area contributed by atoms with Gasteiger partial charge in [-0.1, -0.05) is 12.8 Å². The normalized spacial score (nSPS) is 19.1. The molecule has 96 valence electrons. The van der Waals surface area contributed by atoms with Crippen LogP contribution in [0.4, 0.5) is 0 Å². The van der Waals surface area contributed by atoms with Crippen LogP contribution in [-0.2, 0) is 6.54 Å². The molecule has 0 saturated heterocycles. The van der Waals surface area contributed by atoms with E-state index in [1.807, 2.05) is 0 Å². The molecule has 0 unspecified atom stereocenters. The van der Waals surface area contributed by atoms with E-state index >= 15 is 0 Å². The Morgan fingerprint density at radius 3 is 2.65 bits per heavy atom. The van der Waals surface area contributed by atoms with Crippen molar-refractivity contribution in [3.05, 3.63) is 16.1 Å². The molecule has 1 fully saturated rings. The molecule has 1 N–H and O–H groups in total. The fourth-order valence-electron chi connectivity index (χ4n) is 2.70. The number of aryl methyl sites for hydroxylation is 1. The van der Waals surface area contributed by atoms with Crippen LogP contribution in [0.25, 0.3) is 0 Å². The van der Waals surface area contributed by atoms with E-state index in [0.717, 1.165) is 18.8 Å². The van der Waals surface area contributed by atoms with Gasteiger partial charge in [-0.2, -0.15) is 0 Å². The maximum atomic E-state index is 4.48. The van der Waals surface area contributed by atoms with Gasteiger partial charge >= 0.3 is 0 Å². The Labute approximate surface area is 108 Å². The van der Waals surface area contributed by atoms with Crippen LogP contribution in [-0.4, -0.2) is 36.1 Å². The number of hydrogen-bond acceptors (Lipinski definition) is 4. The number of nitrogens with one attached hydrogen (secondary N) is 1. The number of hydrogen-bond donors (Lipinski definition) is 1. The molecule has 2 rings (SSSR count). The second-order valence-corrected chi connectivity index (χ2v) is 6.25. The number of nitrogens with zero attached hydrogens (tertiary/aromatic N) is 2. The predicted octanol–water partition coefficient (Wildman–Crippen LogP) is 2.42. The molecule has 1 aliphatic rings. The average molecular weight is 253 g/mol. The van der Waals surface area contributed by atoms with Crippen molar-refractivity contribution in [2.45, 2.75) is 44.7 Å². The molecule has 1 heterocycles. The van der Waals surface area contributed by atoms with E-state index in [1.54, 1.807) is 11.3 Å². The van der Waals surface area contributed by atoms with E-state index < -0.39 is 0 Å². The predicted molar refractivity (Wildman–Crippen MR) is 73.4 cm³/mol. The molecule has 1 saturated carbocycles. The lowest BCUT2D eigenvalue weighted by atomic mass is 9.96. The zero-order valence-corrected chi connectivity index (χ0v) is 11.9. The van der Waals surface area contributed by atoms with E-state index in [1.165, 1.54) is 30.7 Å². The molecule has 4 heteroatoms. The molecule has 0 aliphatic heterocycles. The molecular formula is C13H23N3S. The van der Waals surface area contributed by atoms with Gasteiger partial charge in [0.15, 0.2) is 0 Å². The van der Waals surface area contributed by atoms with Gasteiger partial charge in [0, 0.05) is 29.7 Å². The second-order valence-electron chi connectivity index (χ2n) is 5.31. The fourth-order valence-corrected chi connectivity index (χ4v) is 3.44. The van der Waals surface area contributed by atoms with Gasteiger partial charge in [0.05, 0.1) is 0 Å². The lowest BCUT2D eigenvalue weighted by molar-refractivity contribution is 0.153. The Hall–Kier alpha value is -0.450. The summed E-state index contributed by atoms with van der Waals surface area (Å²) < 4.78 is 0. The van der Waals surface area contributed by atoms with Crippen LogP contribution in [0.5, 0.6) is 0 Å². The van der Waals surface area contributed by atoms with Crippen LogP contribution in [0.15, 0.2) is 5.38 Å². The smallest absolute Gasteiger partial charge is 0.107 e. The van der Waals surface area contributed by atoms with Crippen molar-refractivity contribution in [2.24, 2.45) is 0 Å². The Balaban J connectivity index is 1.84. The first-order valence-corrected chi connectivity index (χ1v) is 7.29. The highest BCUT2D eigenvalue weighted by Gasteiger charge is 2.35. The maximum absolute atomic E-state index is 4.48. The quantitative estimate of drug-likeness (QED) is 0.873. The molecule has 0 spiro atoms. The Kier molecular flexibility index (Phi) is 4.17. The third kappa shape index (κ3) is 3.06. The van der Waals surface area contributed by atoms with Crippen LogP contribution in [0.2, 0.25) is 0 Å². The van der Waals surface area contributed by atoms with Crippen molar-refractivity contribution < 1.29 is 0 Å². The molecule has 0 amide bonds. The summed E-state index contributed by atoms with van der Waals surface area (Å²) in [6.07, 6.45) is 5.39. The average Bonchev–Trinajstić information content (AvgIpc) is 2.89. The first-order chi connectivity index (χ1) is 8.12. The topological polar surface area (TPSA) is 28.2 Å². The lowest BCUT2D eigenvalue weighted by Gasteiger charge is -2.36. The van der Waals surface area contributed by atoms with Crippen LogP contribution in [0.1, 0.15) is 36.4 Å². The van der Waals surface area contributed by atoms with Gasteiger partial charge < -0.3 is 10.2 Å². The van der Waals surface area contributed by atoms with Gasteiger partial charge in [-0.25, -0.2) is 4.98 Å². The molecule has 0 atom stereocenters. The fraction of sp³-hybridized carbons (Fsp3) is 0.769. The van der Waals surface area contributed by atoms with Gasteiger partial charge in [-0.3, -0.25) is 0 Å². The maximum Gasteiger partial charge on any atom is 0.107 e. The van der Waals surface area contributed by atoms with Crippen LogP contribution >= 0.6 is 11.3 Å². The summed E-state index contributed by atoms with van der Waals surface area (Å²) in [4.78, 5) is 6.89. The molecule has 1 aromatic heterocycles. The van der Waals surface area contributed by atoms with Gasteiger partial charge in [0.1, 0.15) is 5.01 Å². The van der Waals surface area contributed by atoms with Crippen molar-refractivity contribution in [1.29, 1.82) is 0 Å². The van der Waals surface area contributed by atoms with Crippen LogP contribution in [0.3, 0.4) is 0 Å². The first kappa shape index (κ1) is 13.0. The highest BCUT2D eigenvalue weighted by Crippen LogP contribution is 2.33. The van der Waals surface area contributed by atoms with Crippen molar-refractivity contribution in [2.75, 3.05) is 20.6 Å². The Bertz CT molecular complexity index is 353. The summed E-state index contributed by atoms with van der Waals surface area (Å²) in [5.41, 5.74) is 1.52. The standard InChI is InChI=1S/C13H23N3S/c1-11-9-17-12(15-11)8-14-10-13(16(2)3)6-4-5-7-13/h9,14H,4-8,10H2,1-3H3. The number of thiazole rings is 1. The third-order valence-corrected chi connectivity index (χ3v) is 4.85. The van der Waals surface area contributed by atoms with E-state index in [2.05, 4.69) is 41.6 Å². The van der Waals surface area contributed by atoms with Gasteiger partial charge in [0.25, 0.3) is 0 Å². The lowest BCUT2D eigenvalue weighted by Crippen LogP contribution is -2.49. The molecule has 3 nitrogen and oxygen atoms in total. The van der Waals surface area contributed by atoms with Crippen molar-refractivity contribution in [1.82, 2.24) is 15.2 Å². The summed E-state index contributed by atoms with van der Waals surface area (Å²) >= 11 is 1.75. The Morgan fingerprint density at radius 1 is 1.41 bits per heavy atom. The minimum absolute atomic E-state index is 0.381. The first-order valence-electron chi connectivity index (χ1n) is 6.42. The summed E-state index contributed by atoms with van der Waals surface area (Å²) in [5.74, 6) is 0. The Morgan fingerprint density at radius 2 is 2.12 bits per heavy atom. The largest absolute Gasteiger partial charge is 0.309 e.